The lowest BCUT2D eigenvalue weighted by Gasteiger charge is -2.00. The SMILES string of the molecule is Cc1nn(C)c(=O)n(C)c1=O.Cc1nn(C)c(=S)n1C. The highest BCUT2D eigenvalue weighted by atomic mass is 32.1. The van der Waals surface area contributed by atoms with Gasteiger partial charge < -0.3 is 4.57 Å². The second kappa shape index (κ2) is 5.95. The molecule has 2 heterocycles. The number of hydrogen-bond acceptors (Lipinski definition) is 5. The molecular weight excluding hydrogens is 280 g/mol. The molecule has 0 fully saturated rings. The summed E-state index contributed by atoms with van der Waals surface area (Å²) in [5.41, 5.74) is -0.414. The van der Waals surface area contributed by atoms with E-state index in [1.165, 1.54) is 14.1 Å². The second-order valence-corrected chi connectivity index (χ2v) is 4.73. The van der Waals surface area contributed by atoms with E-state index in [4.69, 9.17) is 12.2 Å². The third-order valence-corrected chi connectivity index (χ3v) is 3.36. The van der Waals surface area contributed by atoms with Gasteiger partial charge in [-0.2, -0.15) is 10.2 Å². The second-order valence-electron chi connectivity index (χ2n) is 4.37. The average molecular weight is 298 g/mol. The molecule has 0 bridgehead atoms. The van der Waals surface area contributed by atoms with Crippen molar-refractivity contribution in [1.29, 1.82) is 0 Å². The molecule has 2 rings (SSSR count). The van der Waals surface area contributed by atoms with Crippen LogP contribution in [0.25, 0.3) is 0 Å². The molecule has 0 atom stereocenters. The zero-order valence-corrected chi connectivity index (χ0v) is 13.2. The molecular formula is C11H18N6O2S. The highest BCUT2D eigenvalue weighted by Gasteiger charge is 2.02. The van der Waals surface area contributed by atoms with Crippen molar-refractivity contribution in [3.05, 3.63) is 37.1 Å². The number of aromatic nitrogens is 6. The molecule has 0 unspecified atom stereocenters. The van der Waals surface area contributed by atoms with Crippen molar-refractivity contribution in [2.24, 2.45) is 28.2 Å². The third-order valence-electron chi connectivity index (χ3n) is 2.82. The van der Waals surface area contributed by atoms with Crippen LogP contribution in [0.15, 0.2) is 9.59 Å². The maximum absolute atomic E-state index is 11.0. The Hall–Kier alpha value is -2.03. The van der Waals surface area contributed by atoms with Crippen LogP contribution in [0.4, 0.5) is 0 Å². The lowest BCUT2D eigenvalue weighted by Crippen LogP contribution is -2.39. The summed E-state index contributed by atoms with van der Waals surface area (Å²) in [5.74, 6) is 0.947. The van der Waals surface area contributed by atoms with Gasteiger partial charge in [0.25, 0.3) is 5.56 Å². The first-order valence-corrected chi connectivity index (χ1v) is 6.25. The summed E-state index contributed by atoms with van der Waals surface area (Å²) in [7, 11) is 6.69. The Kier molecular flexibility index (Phi) is 4.77. The van der Waals surface area contributed by atoms with Gasteiger partial charge in [0, 0.05) is 28.2 Å². The van der Waals surface area contributed by atoms with Crippen molar-refractivity contribution in [1.82, 2.24) is 28.7 Å². The molecule has 0 spiro atoms. The van der Waals surface area contributed by atoms with Gasteiger partial charge in [0.15, 0.2) is 4.77 Å². The summed E-state index contributed by atoms with van der Waals surface area (Å²) in [5, 5.41) is 7.79. The maximum Gasteiger partial charge on any atom is 0.346 e. The van der Waals surface area contributed by atoms with Crippen LogP contribution in [0.2, 0.25) is 0 Å². The van der Waals surface area contributed by atoms with E-state index < -0.39 is 5.69 Å². The van der Waals surface area contributed by atoms with Crippen LogP contribution in [0.5, 0.6) is 0 Å². The van der Waals surface area contributed by atoms with Crippen LogP contribution in [-0.4, -0.2) is 28.7 Å². The number of nitrogens with zero attached hydrogens (tertiary/aromatic N) is 6. The summed E-state index contributed by atoms with van der Waals surface area (Å²) in [6.45, 7) is 3.50. The molecule has 0 amide bonds. The molecule has 2 aromatic rings. The lowest BCUT2D eigenvalue weighted by atomic mass is 10.5. The average Bonchev–Trinajstić information content (AvgIpc) is 2.62. The van der Waals surface area contributed by atoms with Gasteiger partial charge in [0.2, 0.25) is 0 Å². The van der Waals surface area contributed by atoms with E-state index in [0.717, 1.165) is 19.8 Å². The minimum absolute atomic E-state index is 0.328. The molecule has 0 aromatic carbocycles. The predicted molar refractivity (Wildman–Crippen MR) is 77.2 cm³/mol. The predicted octanol–water partition coefficient (Wildman–Crippen LogP) is -0.416. The Balaban J connectivity index is 0.000000204. The number of rotatable bonds is 0. The van der Waals surface area contributed by atoms with Gasteiger partial charge in [-0.1, -0.05) is 0 Å². The Labute approximate surface area is 120 Å². The van der Waals surface area contributed by atoms with Crippen LogP contribution in [0, 0.1) is 18.6 Å². The first-order valence-electron chi connectivity index (χ1n) is 5.84. The standard InChI is InChI=1S/C6H9N3O2.C5H9N3S/c1-4-5(10)8(2)6(11)9(3)7-4;1-4-6-8(3)5(9)7(4)2/h1-3H3;1-3H3. The molecule has 0 aliphatic carbocycles. The number of aryl methyl sites for hydroxylation is 4. The molecule has 0 radical (unpaired) electrons. The van der Waals surface area contributed by atoms with Crippen molar-refractivity contribution in [2.45, 2.75) is 13.8 Å². The van der Waals surface area contributed by atoms with E-state index in [-0.39, 0.29) is 5.56 Å². The Morgan fingerprint density at radius 2 is 1.45 bits per heavy atom. The first-order chi connectivity index (χ1) is 9.16. The van der Waals surface area contributed by atoms with Gasteiger partial charge in [-0.15, -0.1) is 0 Å². The summed E-state index contributed by atoms with van der Waals surface area (Å²) in [6, 6.07) is 0. The first kappa shape index (κ1) is 16.0. The smallest absolute Gasteiger partial charge is 0.307 e. The van der Waals surface area contributed by atoms with Crippen molar-refractivity contribution in [3.63, 3.8) is 0 Å². The van der Waals surface area contributed by atoms with E-state index in [2.05, 4.69) is 10.2 Å². The summed E-state index contributed by atoms with van der Waals surface area (Å²) in [6.07, 6.45) is 0. The Morgan fingerprint density at radius 3 is 1.80 bits per heavy atom. The molecule has 110 valence electrons. The molecule has 8 nitrogen and oxygen atoms in total. The monoisotopic (exact) mass is 298 g/mol. The molecule has 0 saturated carbocycles. The number of hydrogen-bond donors (Lipinski definition) is 0. The minimum Gasteiger partial charge on any atom is -0.307 e. The quantitative estimate of drug-likeness (QED) is 0.617. The molecule has 0 aliphatic rings. The maximum atomic E-state index is 11.0. The van der Waals surface area contributed by atoms with Gasteiger partial charge in [-0.25, -0.2) is 14.2 Å². The lowest BCUT2D eigenvalue weighted by molar-refractivity contribution is 0.587. The fourth-order valence-corrected chi connectivity index (χ4v) is 1.71. The van der Waals surface area contributed by atoms with E-state index in [0.29, 0.717) is 5.69 Å². The van der Waals surface area contributed by atoms with Crippen LogP contribution in [-0.2, 0) is 28.2 Å². The van der Waals surface area contributed by atoms with Gasteiger partial charge in [0.1, 0.15) is 11.5 Å². The van der Waals surface area contributed by atoms with Crippen molar-refractivity contribution < 1.29 is 0 Å². The van der Waals surface area contributed by atoms with Crippen LogP contribution in [0.3, 0.4) is 0 Å². The molecule has 20 heavy (non-hydrogen) atoms. The highest BCUT2D eigenvalue weighted by molar-refractivity contribution is 7.71. The van der Waals surface area contributed by atoms with E-state index in [1.54, 1.807) is 11.6 Å². The van der Waals surface area contributed by atoms with Crippen molar-refractivity contribution >= 4 is 12.2 Å². The summed E-state index contributed by atoms with van der Waals surface area (Å²) >= 11 is 4.98. The van der Waals surface area contributed by atoms with Gasteiger partial charge in [-0.3, -0.25) is 9.36 Å². The van der Waals surface area contributed by atoms with Crippen molar-refractivity contribution in [2.75, 3.05) is 0 Å². The van der Waals surface area contributed by atoms with E-state index >= 15 is 0 Å². The third kappa shape index (κ3) is 3.10. The largest absolute Gasteiger partial charge is 0.346 e. The van der Waals surface area contributed by atoms with E-state index in [9.17, 15) is 9.59 Å². The van der Waals surface area contributed by atoms with Gasteiger partial charge in [0.05, 0.1) is 0 Å². The highest BCUT2D eigenvalue weighted by Crippen LogP contribution is 1.92. The molecule has 0 N–H and O–H groups in total. The molecule has 0 aliphatic heterocycles. The zero-order chi connectivity index (χ0) is 15.6. The topological polar surface area (TPSA) is 79.6 Å². The molecule has 2 aromatic heterocycles. The Bertz CT molecular complexity index is 760. The van der Waals surface area contributed by atoms with Crippen molar-refractivity contribution in [3.8, 4) is 0 Å². The van der Waals surface area contributed by atoms with Crippen LogP contribution < -0.4 is 11.2 Å². The summed E-state index contributed by atoms with van der Waals surface area (Å²) in [4.78, 5) is 22.0. The van der Waals surface area contributed by atoms with Gasteiger partial charge in [-0.05, 0) is 26.1 Å². The zero-order valence-electron chi connectivity index (χ0n) is 12.4. The summed E-state index contributed by atoms with van der Waals surface area (Å²) < 4.78 is 6.48. The minimum atomic E-state index is -0.402. The Morgan fingerprint density at radius 1 is 0.900 bits per heavy atom. The van der Waals surface area contributed by atoms with Crippen LogP contribution >= 0.6 is 12.2 Å². The normalized spacial score (nSPS) is 10.1. The van der Waals surface area contributed by atoms with Crippen LogP contribution in [0.1, 0.15) is 11.5 Å². The van der Waals surface area contributed by atoms with Gasteiger partial charge >= 0.3 is 5.69 Å². The molecule has 9 heteroatoms. The molecule has 0 saturated heterocycles. The fraction of sp³-hybridized carbons (Fsp3) is 0.545. The fourth-order valence-electron chi connectivity index (χ4n) is 1.54. The van der Waals surface area contributed by atoms with E-state index in [1.807, 2.05) is 25.6 Å².